The fourth-order valence-electron chi connectivity index (χ4n) is 3.02. The van der Waals surface area contributed by atoms with Gasteiger partial charge in [0.2, 0.25) is 0 Å². The van der Waals surface area contributed by atoms with Gasteiger partial charge in [0.25, 0.3) is 0 Å². The molecule has 0 bridgehead atoms. The first-order chi connectivity index (χ1) is 9.97. The van der Waals surface area contributed by atoms with Crippen molar-refractivity contribution in [2.45, 2.75) is 25.4 Å². The Morgan fingerprint density at radius 2 is 1.86 bits per heavy atom. The Labute approximate surface area is 121 Å². The quantitative estimate of drug-likeness (QED) is 0.783. The molecular formula is C17H16F3N. The Morgan fingerprint density at radius 1 is 1.10 bits per heavy atom. The van der Waals surface area contributed by atoms with Gasteiger partial charge < -0.3 is 5.32 Å². The number of halogens is 3. The van der Waals surface area contributed by atoms with Crippen molar-refractivity contribution < 1.29 is 13.2 Å². The molecule has 1 aliphatic heterocycles. The van der Waals surface area contributed by atoms with E-state index >= 15 is 0 Å². The van der Waals surface area contributed by atoms with Crippen molar-refractivity contribution in [3.05, 3.63) is 64.7 Å². The maximum atomic E-state index is 13.1. The van der Waals surface area contributed by atoms with E-state index in [4.69, 9.17) is 0 Å². The molecule has 3 rings (SSSR count). The van der Waals surface area contributed by atoms with Gasteiger partial charge in [0.15, 0.2) is 0 Å². The number of fused-ring (bicyclic) bond motifs is 1. The van der Waals surface area contributed by atoms with Crippen LogP contribution in [0.15, 0.2) is 42.5 Å². The first-order valence-electron chi connectivity index (χ1n) is 6.97. The lowest BCUT2D eigenvalue weighted by molar-refractivity contribution is -0.137. The molecule has 4 heteroatoms. The summed E-state index contributed by atoms with van der Waals surface area (Å²) in [5, 5.41) is 2.93. The number of anilines is 1. The first-order valence-corrected chi connectivity index (χ1v) is 6.97. The highest BCUT2D eigenvalue weighted by Gasteiger charge is 2.36. The molecule has 0 aliphatic carbocycles. The summed E-state index contributed by atoms with van der Waals surface area (Å²) in [7, 11) is 0. The number of hydrogen-bond donors (Lipinski definition) is 1. The van der Waals surface area contributed by atoms with E-state index in [9.17, 15) is 13.2 Å². The Morgan fingerprint density at radius 3 is 2.57 bits per heavy atom. The molecular weight excluding hydrogens is 275 g/mol. The van der Waals surface area contributed by atoms with Gasteiger partial charge in [-0.05, 0) is 30.5 Å². The standard InChI is InChI=1S/C17H16F3N/c1-11-4-2-5-12(10-11)13-8-9-21-16-14(13)6-3-7-15(16)17(18,19)20/h2-7,10,13,21H,8-9H2,1H3. The molecule has 1 aliphatic rings. The molecule has 0 spiro atoms. The third kappa shape index (κ3) is 2.62. The molecule has 0 fully saturated rings. The van der Waals surface area contributed by atoms with Gasteiger partial charge in [0, 0.05) is 12.5 Å². The molecule has 1 nitrogen and oxygen atoms in total. The lowest BCUT2D eigenvalue weighted by atomic mass is 9.83. The third-order valence-corrected chi connectivity index (χ3v) is 3.96. The summed E-state index contributed by atoms with van der Waals surface area (Å²) in [5.74, 6) is 0.0171. The molecule has 1 heterocycles. The van der Waals surface area contributed by atoms with E-state index in [0.717, 1.165) is 29.2 Å². The number of rotatable bonds is 1. The van der Waals surface area contributed by atoms with Crippen LogP contribution in [0.5, 0.6) is 0 Å². The minimum Gasteiger partial charge on any atom is -0.384 e. The van der Waals surface area contributed by atoms with Crippen LogP contribution in [0, 0.1) is 6.92 Å². The van der Waals surface area contributed by atoms with E-state index in [-0.39, 0.29) is 11.6 Å². The highest BCUT2D eigenvalue weighted by molar-refractivity contribution is 5.63. The number of para-hydroxylation sites is 1. The molecule has 1 unspecified atom stereocenters. The molecule has 2 aromatic carbocycles. The summed E-state index contributed by atoms with van der Waals surface area (Å²) in [6.45, 7) is 2.55. The van der Waals surface area contributed by atoms with Crippen LogP contribution < -0.4 is 5.32 Å². The van der Waals surface area contributed by atoms with Crippen molar-refractivity contribution in [2.75, 3.05) is 11.9 Å². The predicted octanol–water partition coefficient (Wildman–Crippen LogP) is 4.96. The van der Waals surface area contributed by atoms with Gasteiger partial charge in [0.05, 0.1) is 11.3 Å². The first kappa shape index (κ1) is 14.0. The molecule has 110 valence electrons. The normalized spacial score (nSPS) is 18.0. The minimum atomic E-state index is -4.33. The van der Waals surface area contributed by atoms with E-state index in [1.165, 1.54) is 6.07 Å². The van der Waals surface area contributed by atoms with E-state index in [2.05, 4.69) is 11.4 Å². The van der Waals surface area contributed by atoms with Crippen molar-refractivity contribution in [2.24, 2.45) is 0 Å². The lowest BCUT2D eigenvalue weighted by Crippen LogP contribution is -2.21. The molecule has 21 heavy (non-hydrogen) atoms. The summed E-state index contributed by atoms with van der Waals surface area (Å²) >= 11 is 0. The SMILES string of the molecule is Cc1cccc(C2CCNc3c2cccc3C(F)(F)F)c1. The highest BCUT2D eigenvalue weighted by atomic mass is 19.4. The summed E-state index contributed by atoms with van der Waals surface area (Å²) in [4.78, 5) is 0. The van der Waals surface area contributed by atoms with Gasteiger partial charge in [-0.3, -0.25) is 0 Å². The second-order valence-electron chi connectivity index (χ2n) is 5.45. The Bertz CT molecular complexity index is 661. The van der Waals surface area contributed by atoms with Crippen molar-refractivity contribution in [1.82, 2.24) is 0 Å². The molecule has 2 aromatic rings. The number of alkyl halides is 3. The summed E-state index contributed by atoms with van der Waals surface area (Å²) in [6.07, 6.45) is -3.52. The van der Waals surface area contributed by atoms with E-state index in [0.29, 0.717) is 6.54 Å². The largest absolute Gasteiger partial charge is 0.418 e. The monoisotopic (exact) mass is 291 g/mol. The van der Waals surface area contributed by atoms with Gasteiger partial charge >= 0.3 is 6.18 Å². The van der Waals surface area contributed by atoms with Crippen LogP contribution in [0.4, 0.5) is 18.9 Å². The van der Waals surface area contributed by atoms with Crippen LogP contribution in [0.25, 0.3) is 0 Å². The third-order valence-electron chi connectivity index (χ3n) is 3.96. The van der Waals surface area contributed by atoms with Crippen molar-refractivity contribution in [1.29, 1.82) is 0 Å². The molecule has 0 aromatic heterocycles. The van der Waals surface area contributed by atoms with Crippen molar-refractivity contribution in [3.63, 3.8) is 0 Å². The highest BCUT2D eigenvalue weighted by Crippen LogP contribution is 2.43. The van der Waals surface area contributed by atoms with Crippen molar-refractivity contribution >= 4 is 5.69 Å². The molecule has 0 amide bonds. The number of aryl methyl sites for hydroxylation is 1. The summed E-state index contributed by atoms with van der Waals surface area (Å²) in [5.41, 5.74) is 2.61. The van der Waals surface area contributed by atoms with Gasteiger partial charge in [0.1, 0.15) is 0 Å². The average molecular weight is 291 g/mol. The molecule has 0 saturated heterocycles. The molecule has 1 N–H and O–H groups in total. The van der Waals surface area contributed by atoms with Gasteiger partial charge in [-0.2, -0.15) is 13.2 Å². The van der Waals surface area contributed by atoms with Crippen LogP contribution in [-0.2, 0) is 6.18 Å². The van der Waals surface area contributed by atoms with Gasteiger partial charge in [-0.25, -0.2) is 0 Å². The number of hydrogen-bond acceptors (Lipinski definition) is 1. The predicted molar refractivity (Wildman–Crippen MR) is 77.6 cm³/mol. The van der Waals surface area contributed by atoms with Crippen LogP contribution in [0.1, 0.15) is 34.6 Å². The van der Waals surface area contributed by atoms with Gasteiger partial charge in [-0.15, -0.1) is 0 Å². The summed E-state index contributed by atoms with van der Waals surface area (Å²) in [6, 6.07) is 12.4. The van der Waals surface area contributed by atoms with Crippen LogP contribution >= 0.6 is 0 Å². The molecule has 0 saturated carbocycles. The van der Waals surface area contributed by atoms with Crippen LogP contribution in [-0.4, -0.2) is 6.54 Å². The molecule has 1 atom stereocenters. The fourth-order valence-corrected chi connectivity index (χ4v) is 3.02. The zero-order chi connectivity index (χ0) is 15.0. The van der Waals surface area contributed by atoms with E-state index in [1.54, 1.807) is 6.07 Å². The maximum Gasteiger partial charge on any atom is 0.418 e. The number of nitrogens with one attached hydrogen (secondary N) is 1. The second-order valence-corrected chi connectivity index (χ2v) is 5.45. The van der Waals surface area contributed by atoms with Crippen molar-refractivity contribution in [3.8, 4) is 0 Å². The average Bonchev–Trinajstić information content (AvgIpc) is 2.45. The zero-order valence-corrected chi connectivity index (χ0v) is 11.7. The summed E-state index contributed by atoms with van der Waals surface area (Å²) < 4.78 is 39.4. The van der Waals surface area contributed by atoms with E-state index < -0.39 is 11.7 Å². The van der Waals surface area contributed by atoms with E-state index in [1.807, 2.05) is 25.1 Å². The zero-order valence-electron chi connectivity index (χ0n) is 11.7. The lowest BCUT2D eigenvalue weighted by Gasteiger charge is -2.29. The maximum absolute atomic E-state index is 13.1. The number of benzene rings is 2. The Balaban J connectivity index is 2.11. The Hall–Kier alpha value is -1.97. The smallest absolute Gasteiger partial charge is 0.384 e. The molecule has 0 radical (unpaired) electrons. The fraction of sp³-hybridized carbons (Fsp3) is 0.294. The Kier molecular flexibility index (Phi) is 3.40. The van der Waals surface area contributed by atoms with Gasteiger partial charge in [-0.1, -0.05) is 42.0 Å². The second kappa shape index (κ2) is 5.10. The van der Waals surface area contributed by atoms with Crippen LogP contribution in [0.2, 0.25) is 0 Å². The minimum absolute atomic E-state index is 0.0171. The topological polar surface area (TPSA) is 12.0 Å². The van der Waals surface area contributed by atoms with Crippen LogP contribution in [0.3, 0.4) is 0 Å².